The highest BCUT2D eigenvalue weighted by molar-refractivity contribution is 5.29. The molecule has 1 rings (SSSR count). The lowest BCUT2D eigenvalue weighted by molar-refractivity contribution is 0.131. The Morgan fingerprint density at radius 1 is 1.00 bits per heavy atom. The molecule has 0 heterocycles. The van der Waals surface area contributed by atoms with E-state index in [0.717, 1.165) is 12.2 Å². The normalized spacial score (nSPS) is 14.3. The summed E-state index contributed by atoms with van der Waals surface area (Å²) in [6.07, 6.45) is 1.11. The Kier molecular flexibility index (Phi) is 5.03. The van der Waals surface area contributed by atoms with Crippen molar-refractivity contribution in [3.05, 3.63) is 29.8 Å². The molecule has 0 aliphatic carbocycles. The Morgan fingerprint density at radius 3 is 1.89 bits per heavy atom. The van der Waals surface area contributed by atoms with Crippen LogP contribution in [0.5, 0.6) is 5.75 Å². The molecule has 0 aliphatic rings. The van der Waals surface area contributed by atoms with Crippen LogP contribution in [0, 0.1) is 5.41 Å². The van der Waals surface area contributed by atoms with E-state index in [4.69, 9.17) is 4.74 Å². The second-order valence-corrected chi connectivity index (χ2v) is 7.39. The van der Waals surface area contributed by atoms with E-state index in [1.54, 1.807) is 0 Å². The van der Waals surface area contributed by atoms with Gasteiger partial charge >= 0.3 is 0 Å². The van der Waals surface area contributed by atoms with Gasteiger partial charge in [0.1, 0.15) is 11.4 Å². The minimum absolute atomic E-state index is 0.144. The van der Waals surface area contributed by atoms with E-state index in [-0.39, 0.29) is 5.60 Å². The van der Waals surface area contributed by atoms with Crippen molar-refractivity contribution < 1.29 is 4.74 Å². The van der Waals surface area contributed by atoms with Crippen LogP contribution in [0.3, 0.4) is 0 Å². The molecule has 1 atom stereocenters. The van der Waals surface area contributed by atoms with Gasteiger partial charge in [0.15, 0.2) is 0 Å². The Bertz CT molecular complexity index is 381. The van der Waals surface area contributed by atoms with Crippen LogP contribution in [0.2, 0.25) is 0 Å². The summed E-state index contributed by atoms with van der Waals surface area (Å²) in [5, 5.41) is 3.40. The predicted molar refractivity (Wildman–Crippen MR) is 82.7 cm³/mol. The molecule has 0 spiro atoms. The molecular weight excluding hydrogens is 234 g/mol. The van der Waals surface area contributed by atoms with Crippen molar-refractivity contribution in [3.63, 3.8) is 0 Å². The molecule has 0 saturated carbocycles. The largest absolute Gasteiger partial charge is 0.488 e. The van der Waals surface area contributed by atoms with Crippen molar-refractivity contribution in [2.45, 2.75) is 59.6 Å². The Hall–Kier alpha value is -1.02. The van der Waals surface area contributed by atoms with Gasteiger partial charge in [0, 0.05) is 6.04 Å². The molecular formula is C17H29NO. The van der Waals surface area contributed by atoms with E-state index < -0.39 is 0 Å². The molecule has 0 aliphatic heterocycles. The van der Waals surface area contributed by atoms with Gasteiger partial charge in [-0.2, -0.15) is 0 Å². The minimum Gasteiger partial charge on any atom is -0.488 e. The molecule has 2 nitrogen and oxygen atoms in total. The molecule has 1 aromatic rings. The van der Waals surface area contributed by atoms with E-state index in [1.165, 1.54) is 5.56 Å². The van der Waals surface area contributed by atoms with Crippen LogP contribution in [0.4, 0.5) is 0 Å². The van der Waals surface area contributed by atoms with Crippen LogP contribution < -0.4 is 10.1 Å². The lowest BCUT2D eigenvalue weighted by atomic mass is 9.85. The molecule has 0 amide bonds. The first-order valence-electron chi connectivity index (χ1n) is 7.07. The third-order valence-electron chi connectivity index (χ3n) is 2.87. The van der Waals surface area contributed by atoms with Crippen LogP contribution in [0.1, 0.15) is 59.6 Å². The second-order valence-electron chi connectivity index (χ2n) is 7.39. The highest BCUT2D eigenvalue weighted by Gasteiger charge is 2.19. The molecule has 1 N–H and O–H groups in total. The van der Waals surface area contributed by atoms with Gasteiger partial charge in [-0.25, -0.2) is 0 Å². The average molecular weight is 263 g/mol. The molecule has 0 saturated heterocycles. The first kappa shape index (κ1) is 16.0. The highest BCUT2D eigenvalue weighted by atomic mass is 16.5. The Morgan fingerprint density at radius 2 is 1.53 bits per heavy atom. The lowest BCUT2D eigenvalue weighted by Gasteiger charge is -2.26. The Labute approximate surface area is 118 Å². The fourth-order valence-corrected chi connectivity index (χ4v) is 2.12. The monoisotopic (exact) mass is 263 g/mol. The number of hydrogen-bond donors (Lipinski definition) is 1. The van der Waals surface area contributed by atoms with Crippen molar-refractivity contribution in [2.75, 3.05) is 7.05 Å². The SMILES string of the molecule is CNC(CC(C)(C)C)c1ccc(OC(C)(C)C)cc1. The summed E-state index contributed by atoms with van der Waals surface area (Å²) in [5.74, 6) is 0.932. The van der Waals surface area contributed by atoms with Crippen molar-refractivity contribution in [3.8, 4) is 5.75 Å². The molecule has 0 aromatic heterocycles. The summed E-state index contributed by atoms with van der Waals surface area (Å²) in [7, 11) is 2.02. The van der Waals surface area contributed by atoms with E-state index in [1.807, 2.05) is 7.05 Å². The second kappa shape index (κ2) is 5.96. The van der Waals surface area contributed by atoms with Gasteiger partial charge < -0.3 is 10.1 Å². The highest BCUT2D eigenvalue weighted by Crippen LogP contribution is 2.30. The van der Waals surface area contributed by atoms with Crippen LogP contribution in [0.15, 0.2) is 24.3 Å². The lowest BCUT2D eigenvalue weighted by Crippen LogP contribution is -2.23. The average Bonchev–Trinajstić information content (AvgIpc) is 2.23. The third-order valence-corrected chi connectivity index (χ3v) is 2.87. The number of hydrogen-bond acceptors (Lipinski definition) is 2. The summed E-state index contributed by atoms with van der Waals surface area (Å²) in [6, 6.07) is 8.84. The standard InChI is InChI=1S/C17H29NO/c1-16(2,3)12-15(18-7)13-8-10-14(11-9-13)19-17(4,5)6/h8-11,15,18H,12H2,1-7H3. The number of benzene rings is 1. The predicted octanol–water partition coefficient (Wildman–Crippen LogP) is 4.56. The van der Waals surface area contributed by atoms with Crippen molar-refractivity contribution in [2.24, 2.45) is 5.41 Å². The maximum Gasteiger partial charge on any atom is 0.120 e. The fraction of sp³-hybridized carbons (Fsp3) is 0.647. The third kappa shape index (κ3) is 6.11. The molecule has 19 heavy (non-hydrogen) atoms. The molecule has 1 aromatic carbocycles. The zero-order valence-corrected chi connectivity index (χ0v) is 13.5. The summed E-state index contributed by atoms with van der Waals surface area (Å²) >= 11 is 0. The van der Waals surface area contributed by atoms with Gasteiger partial charge in [0.05, 0.1) is 0 Å². The molecule has 0 fully saturated rings. The van der Waals surface area contributed by atoms with Gasteiger partial charge in [-0.05, 0) is 57.4 Å². The molecule has 0 radical (unpaired) electrons. The Balaban J connectivity index is 2.79. The first-order valence-corrected chi connectivity index (χ1v) is 7.07. The maximum absolute atomic E-state index is 5.85. The summed E-state index contributed by atoms with van der Waals surface area (Å²) in [6.45, 7) is 13.0. The first-order chi connectivity index (χ1) is 8.61. The fourth-order valence-electron chi connectivity index (χ4n) is 2.12. The van der Waals surface area contributed by atoms with Crippen molar-refractivity contribution in [1.29, 1.82) is 0 Å². The summed E-state index contributed by atoms with van der Waals surface area (Å²) in [4.78, 5) is 0. The quantitative estimate of drug-likeness (QED) is 0.859. The molecule has 0 bridgehead atoms. The van der Waals surface area contributed by atoms with Crippen LogP contribution in [0.25, 0.3) is 0 Å². The topological polar surface area (TPSA) is 21.3 Å². The molecule has 1 unspecified atom stereocenters. The van der Waals surface area contributed by atoms with E-state index in [0.29, 0.717) is 11.5 Å². The maximum atomic E-state index is 5.85. The van der Waals surface area contributed by atoms with Gasteiger partial charge in [-0.3, -0.25) is 0 Å². The van der Waals surface area contributed by atoms with Crippen molar-refractivity contribution in [1.82, 2.24) is 5.32 Å². The van der Waals surface area contributed by atoms with E-state index in [9.17, 15) is 0 Å². The number of rotatable bonds is 4. The van der Waals surface area contributed by atoms with Gasteiger partial charge in [0.25, 0.3) is 0 Å². The molecule has 2 heteroatoms. The van der Waals surface area contributed by atoms with Crippen LogP contribution in [-0.4, -0.2) is 12.6 Å². The van der Waals surface area contributed by atoms with Crippen molar-refractivity contribution >= 4 is 0 Å². The van der Waals surface area contributed by atoms with Gasteiger partial charge in [0.2, 0.25) is 0 Å². The van der Waals surface area contributed by atoms with Gasteiger partial charge in [-0.1, -0.05) is 32.9 Å². The van der Waals surface area contributed by atoms with E-state index >= 15 is 0 Å². The van der Waals surface area contributed by atoms with Crippen LogP contribution in [-0.2, 0) is 0 Å². The zero-order chi connectivity index (χ0) is 14.7. The zero-order valence-electron chi connectivity index (χ0n) is 13.5. The number of ether oxygens (including phenoxy) is 1. The number of nitrogens with one attached hydrogen (secondary N) is 1. The minimum atomic E-state index is -0.144. The smallest absolute Gasteiger partial charge is 0.120 e. The molecule has 108 valence electrons. The van der Waals surface area contributed by atoms with Gasteiger partial charge in [-0.15, -0.1) is 0 Å². The van der Waals surface area contributed by atoms with Crippen LogP contribution >= 0.6 is 0 Å². The summed E-state index contributed by atoms with van der Waals surface area (Å²) in [5.41, 5.74) is 1.49. The summed E-state index contributed by atoms with van der Waals surface area (Å²) < 4.78 is 5.85. The van der Waals surface area contributed by atoms with E-state index in [2.05, 4.69) is 71.1 Å².